The molecule has 2 fully saturated rings. The van der Waals surface area contributed by atoms with Gasteiger partial charge in [0.1, 0.15) is 59.2 Å². The summed E-state index contributed by atoms with van der Waals surface area (Å²) in [6.07, 6.45) is -2.12. The Kier molecular flexibility index (Phi) is 28.1. The van der Waals surface area contributed by atoms with Crippen molar-refractivity contribution in [1.82, 2.24) is 47.0 Å². The molecule has 0 saturated carbocycles. The average molecular weight is 1420 g/mol. The number of hydrogen-bond donors (Lipinski definition) is 11. The molecule has 2 aliphatic rings. The van der Waals surface area contributed by atoms with E-state index in [1.165, 1.54) is 9.80 Å². The molecule has 103 heavy (non-hydrogen) atoms. The van der Waals surface area contributed by atoms with Crippen molar-refractivity contribution in [3.05, 3.63) is 173 Å². The average Bonchev–Trinajstić information content (AvgIpc) is 1.21. The molecule has 0 spiro atoms. The van der Waals surface area contributed by atoms with Gasteiger partial charge in [0, 0.05) is 32.5 Å². The number of nitrogens with zero attached hydrogens (tertiary/aromatic N) is 2. The zero-order valence-corrected chi connectivity index (χ0v) is 61.4. The standard InChI is InChI=1S/C78H106N12O13/c1-48(2)42-59(66(92)83-58(73(99)100)34-25-40-82-74(80)81)84-68(94)62-39-41-89(62)72(98)61(44-50-26-17-13-18-27-50)86-70(96)65(49(3)101-75(4,5)6)87-67(93)60(46-64(91)88-78(52-28-19-14-20-29-52,53-30-21-15-22-31-53)54-32-23-16-24-33-54)85-69(95)63-45-56(103-77(10,11)12)47-90(63)71(97)57(79)43-51-35-37-55(38-36-51)102-76(7,8)9/h13-24,26-33,35-38,48-49,56-63,65H,25,34,39-47,79H2,1-12H3,(H,83,92)(H,84,94)(H,85,95)(H,86,96)(H,87,93)(H,88,91)(H,99,100)(H4,80,81,82)/t49-,56-,57-,58+,59+,60+,61+,62+,63+,65+/m1/s1. The van der Waals surface area contributed by atoms with E-state index in [9.17, 15) is 24.3 Å². The van der Waals surface area contributed by atoms with Crippen LogP contribution in [0.1, 0.15) is 149 Å². The quantitative estimate of drug-likeness (QED) is 0.0101. The number of guanidine groups is 1. The van der Waals surface area contributed by atoms with Gasteiger partial charge in [-0.2, -0.15) is 0 Å². The molecule has 0 aromatic heterocycles. The Balaban J connectivity index is 1.23. The first-order valence-corrected chi connectivity index (χ1v) is 35.3. The van der Waals surface area contributed by atoms with Crippen molar-refractivity contribution in [1.29, 1.82) is 5.41 Å². The first-order chi connectivity index (χ1) is 48.5. The monoisotopic (exact) mass is 1420 g/mol. The third kappa shape index (κ3) is 23.7. The van der Waals surface area contributed by atoms with Crippen molar-refractivity contribution in [2.24, 2.45) is 17.4 Å². The van der Waals surface area contributed by atoms with Crippen LogP contribution < -0.4 is 53.4 Å². The number of rotatable bonds is 33. The molecule has 25 heteroatoms. The second-order valence-electron chi connectivity index (χ2n) is 30.0. The minimum absolute atomic E-state index is 0.0108. The van der Waals surface area contributed by atoms with Gasteiger partial charge in [0.2, 0.25) is 47.3 Å². The predicted molar refractivity (Wildman–Crippen MR) is 392 cm³/mol. The highest BCUT2D eigenvalue weighted by Gasteiger charge is 2.47. The number of ether oxygens (including phenoxy) is 3. The lowest BCUT2D eigenvalue weighted by Gasteiger charge is -2.42. The highest BCUT2D eigenvalue weighted by Crippen LogP contribution is 2.37. The molecule has 5 aromatic carbocycles. The summed E-state index contributed by atoms with van der Waals surface area (Å²) < 4.78 is 18.9. The van der Waals surface area contributed by atoms with E-state index >= 15 is 24.0 Å². The number of amides is 8. The van der Waals surface area contributed by atoms with E-state index < -0.39 is 143 Å². The molecule has 0 aliphatic carbocycles. The van der Waals surface area contributed by atoms with Crippen LogP contribution in [0.15, 0.2) is 146 Å². The minimum atomic E-state index is -1.79. The maximum Gasteiger partial charge on any atom is 0.326 e. The Hall–Kier alpha value is -9.72. The van der Waals surface area contributed by atoms with Crippen LogP contribution >= 0.6 is 0 Å². The second kappa shape index (κ2) is 35.9. The van der Waals surface area contributed by atoms with Crippen molar-refractivity contribution in [2.45, 2.75) is 217 Å². The van der Waals surface area contributed by atoms with Crippen molar-refractivity contribution in [3.8, 4) is 5.75 Å². The third-order valence-corrected chi connectivity index (χ3v) is 17.5. The van der Waals surface area contributed by atoms with Crippen LogP contribution in [0.4, 0.5) is 0 Å². The Labute approximate surface area is 604 Å². The van der Waals surface area contributed by atoms with Crippen LogP contribution in [0.25, 0.3) is 0 Å². The SMILES string of the molecule is CC(C)C[C@H](NC(=O)[C@@H]1CCN1C(=O)[C@H](Cc1ccccc1)NC(=O)[C@@H](NC(=O)[C@H](CC(=O)NC(c1ccccc1)(c1ccccc1)c1ccccc1)NC(=O)[C@@H]1C[C@@H](OC(C)(C)C)CN1C(=O)[C@H](N)Cc1ccc(OC(C)(C)C)cc1)[C@@H](C)OC(C)(C)C)C(=O)N[C@@H](CCCNC(=N)N)C(=O)O. The van der Waals surface area contributed by atoms with Gasteiger partial charge in [0.05, 0.1) is 35.9 Å². The lowest BCUT2D eigenvalue weighted by molar-refractivity contribution is -0.151. The second-order valence-corrected chi connectivity index (χ2v) is 30.0. The summed E-state index contributed by atoms with van der Waals surface area (Å²) in [6, 6.07) is 32.9. The van der Waals surface area contributed by atoms with E-state index in [1.807, 2.05) is 159 Å². The van der Waals surface area contributed by atoms with Gasteiger partial charge in [0.25, 0.3) is 0 Å². The fraction of sp³-hybridized carbons (Fsp3) is 0.487. The van der Waals surface area contributed by atoms with Crippen molar-refractivity contribution < 1.29 is 62.5 Å². The van der Waals surface area contributed by atoms with E-state index in [-0.39, 0.29) is 76.5 Å². The molecule has 13 N–H and O–H groups in total. The molecule has 2 heterocycles. The molecule has 0 unspecified atom stereocenters. The van der Waals surface area contributed by atoms with E-state index in [2.05, 4.69) is 37.2 Å². The summed E-state index contributed by atoms with van der Waals surface area (Å²) in [7, 11) is 0. The Morgan fingerprint density at radius 2 is 1.10 bits per heavy atom. The van der Waals surface area contributed by atoms with Crippen molar-refractivity contribution >= 4 is 59.2 Å². The first kappa shape index (κ1) is 80.6. The number of likely N-dealkylation sites (tertiary alicyclic amines) is 2. The van der Waals surface area contributed by atoms with Gasteiger partial charge in [-0.15, -0.1) is 0 Å². The van der Waals surface area contributed by atoms with Crippen molar-refractivity contribution in [3.63, 3.8) is 0 Å². The van der Waals surface area contributed by atoms with Crippen LogP contribution in [0.3, 0.4) is 0 Å². The van der Waals surface area contributed by atoms with Gasteiger partial charge in [-0.3, -0.25) is 43.8 Å². The molecule has 8 amide bonds. The summed E-state index contributed by atoms with van der Waals surface area (Å²) in [5.74, 6) is -7.29. The number of benzene rings is 5. The minimum Gasteiger partial charge on any atom is -0.488 e. The maximum atomic E-state index is 15.8. The lowest BCUT2D eigenvalue weighted by atomic mass is 9.77. The third-order valence-electron chi connectivity index (χ3n) is 17.5. The summed E-state index contributed by atoms with van der Waals surface area (Å²) in [4.78, 5) is 135. The molecule has 5 aromatic rings. The highest BCUT2D eigenvalue weighted by molar-refractivity contribution is 6.00. The van der Waals surface area contributed by atoms with E-state index in [1.54, 1.807) is 70.2 Å². The van der Waals surface area contributed by atoms with Gasteiger partial charge in [-0.1, -0.05) is 147 Å². The number of carboxylic acids is 1. The normalized spacial score (nSPS) is 17.5. The number of hydrogen-bond acceptors (Lipinski definition) is 14. The van der Waals surface area contributed by atoms with Crippen LogP contribution in [-0.4, -0.2) is 171 Å². The molecule has 2 saturated heterocycles. The summed E-state index contributed by atoms with van der Waals surface area (Å²) in [5, 5.41) is 37.2. The molecular weight excluding hydrogens is 1310 g/mol. The maximum absolute atomic E-state index is 15.8. The molecule has 7 rings (SSSR count). The molecule has 25 nitrogen and oxygen atoms in total. The Bertz CT molecular complexity index is 3600. The Morgan fingerprint density at radius 1 is 0.583 bits per heavy atom. The van der Waals surface area contributed by atoms with Gasteiger partial charge < -0.3 is 77.8 Å². The van der Waals surface area contributed by atoms with Gasteiger partial charge in [-0.25, -0.2) is 4.79 Å². The number of carbonyl (C=O) groups is 9. The van der Waals surface area contributed by atoms with E-state index in [0.29, 0.717) is 28.0 Å². The first-order valence-electron chi connectivity index (χ1n) is 35.3. The topological polar surface area (TPSA) is 368 Å². The van der Waals surface area contributed by atoms with Crippen LogP contribution in [0, 0.1) is 11.3 Å². The zero-order chi connectivity index (χ0) is 75.6. The lowest BCUT2D eigenvalue weighted by Crippen LogP contribution is -2.66. The van der Waals surface area contributed by atoms with Gasteiger partial charge in [0.15, 0.2) is 5.96 Å². The van der Waals surface area contributed by atoms with Crippen LogP contribution in [0.2, 0.25) is 0 Å². The number of carboxylic acid groups (broad SMARTS) is 1. The molecular formula is C78H106N12O13. The highest BCUT2D eigenvalue weighted by atomic mass is 16.5. The van der Waals surface area contributed by atoms with Gasteiger partial charge >= 0.3 is 5.97 Å². The number of nitrogens with one attached hydrogen (secondary N) is 8. The number of carbonyl (C=O) groups excluding carboxylic acids is 8. The van der Waals surface area contributed by atoms with Crippen molar-refractivity contribution in [2.75, 3.05) is 19.6 Å². The fourth-order valence-electron chi connectivity index (χ4n) is 12.9. The smallest absolute Gasteiger partial charge is 0.326 e. The molecule has 556 valence electrons. The largest absolute Gasteiger partial charge is 0.488 e. The summed E-state index contributed by atoms with van der Waals surface area (Å²) >= 11 is 0. The molecule has 0 radical (unpaired) electrons. The van der Waals surface area contributed by atoms with Gasteiger partial charge in [-0.05, 0) is 147 Å². The van der Waals surface area contributed by atoms with Crippen LogP contribution in [-0.2, 0) is 71.0 Å². The Morgan fingerprint density at radius 3 is 1.59 bits per heavy atom. The van der Waals surface area contributed by atoms with E-state index in [4.69, 9.17) is 31.1 Å². The summed E-state index contributed by atoms with van der Waals surface area (Å²) in [5.41, 5.74) is 11.9. The zero-order valence-electron chi connectivity index (χ0n) is 61.4. The van der Waals surface area contributed by atoms with E-state index in [0.717, 1.165) is 5.56 Å². The summed E-state index contributed by atoms with van der Waals surface area (Å²) in [6.45, 7) is 22.0. The molecule has 2 aliphatic heterocycles. The molecule has 0 bridgehead atoms. The number of nitrogens with two attached hydrogens (primary N) is 2. The van der Waals surface area contributed by atoms with Crippen LogP contribution in [0.5, 0.6) is 5.75 Å². The molecule has 10 atom stereocenters. The fourth-order valence-corrected chi connectivity index (χ4v) is 12.9. The number of aliphatic carboxylic acids is 1. The predicted octanol–water partition coefficient (Wildman–Crippen LogP) is 5.88.